The number of rotatable bonds is 11. The third-order valence-electron chi connectivity index (χ3n) is 8.27. The number of likely N-dealkylation sites (tertiary alicyclic amines) is 1. The zero-order valence-corrected chi connectivity index (χ0v) is 23.8. The van der Waals surface area contributed by atoms with Crippen LogP contribution < -0.4 is 16.0 Å². The van der Waals surface area contributed by atoms with Gasteiger partial charge in [-0.2, -0.15) is 0 Å². The molecule has 2 aliphatic rings. The van der Waals surface area contributed by atoms with Gasteiger partial charge in [-0.15, -0.1) is 0 Å². The van der Waals surface area contributed by atoms with Crippen LogP contribution in [0.2, 0.25) is 5.02 Å². The first-order valence-electron chi connectivity index (χ1n) is 14.1. The lowest BCUT2D eigenvalue weighted by Crippen LogP contribution is -2.57. The number of carbonyl (C=O) groups is 2. The molecule has 0 spiro atoms. The molecule has 0 aromatic heterocycles. The molecule has 39 heavy (non-hydrogen) atoms. The highest BCUT2D eigenvalue weighted by atomic mass is 35.5. The van der Waals surface area contributed by atoms with Crippen molar-refractivity contribution in [3.8, 4) is 0 Å². The van der Waals surface area contributed by atoms with Crippen molar-refractivity contribution < 1.29 is 28.9 Å². The summed E-state index contributed by atoms with van der Waals surface area (Å²) in [6, 6.07) is 3.80. The number of hydrogen-bond donors (Lipinski definition) is 5. The van der Waals surface area contributed by atoms with Gasteiger partial charge in [0.15, 0.2) is 0 Å². The first-order chi connectivity index (χ1) is 18.7. The molecular formula is C28H44ClFN4O5. The highest BCUT2D eigenvalue weighted by molar-refractivity contribution is 6.30. The van der Waals surface area contributed by atoms with E-state index in [0.717, 1.165) is 25.7 Å². The smallest absolute Gasteiger partial charge is 0.406 e. The van der Waals surface area contributed by atoms with Crippen LogP contribution in [-0.4, -0.2) is 79.7 Å². The number of nitrogens with one attached hydrogen (secondary N) is 3. The molecule has 1 aliphatic carbocycles. The molecule has 1 aromatic rings. The van der Waals surface area contributed by atoms with Crippen LogP contribution in [-0.2, 0) is 10.3 Å². The average molecular weight is 571 g/mol. The van der Waals surface area contributed by atoms with Gasteiger partial charge in [-0.25, -0.2) is 14.0 Å². The summed E-state index contributed by atoms with van der Waals surface area (Å²) in [5.41, 5.74) is -1.53. The summed E-state index contributed by atoms with van der Waals surface area (Å²) in [4.78, 5) is 26.5. The Hall–Kier alpha value is -2.14. The van der Waals surface area contributed by atoms with E-state index in [1.165, 1.54) is 25.7 Å². The van der Waals surface area contributed by atoms with Gasteiger partial charge in [0.2, 0.25) is 0 Å². The Morgan fingerprint density at radius 1 is 1.23 bits per heavy atom. The number of aliphatic hydroxyl groups is 2. The van der Waals surface area contributed by atoms with Crippen LogP contribution in [0.4, 0.5) is 14.0 Å². The van der Waals surface area contributed by atoms with Crippen LogP contribution in [0.25, 0.3) is 0 Å². The molecule has 4 unspecified atom stereocenters. The summed E-state index contributed by atoms with van der Waals surface area (Å²) in [6.45, 7) is 1.38. The lowest BCUT2D eigenvalue weighted by Gasteiger charge is -2.43. The van der Waals surface area contributed by atoms with E-state index < -0.39 is 35.6 Å². The zero-order valence-electron chi connectivity index (χ0n) is 23.1. The Kier molecular flexibility index (Phi) is 12.1. The standard InChI is InChI=1S/C28H44ClFN4O5/c1-31-17-23(25(35)19-9-4-3-5-10-19)33-26(36)34-16-7-11-20(18-34)28(38,14-8-15-32-27(37)39-2)21-12-6-13-22(29)24(21)30/h6,12-13,19-20,23,25,31,35,38H,3-5,7-11,14-18H2,1-2H3,(H,32,37)(H,33,36). The minimum Gasteiger partial charge on any atom is -0.453 e. The average Bonchev–Trinajstić information content (AvgIpc) is 2.96. The largest absolute Gasteiger partial charge is 0.453 e. The fraction of sp³-hybridized carbons (Fsp3) is 0.714. The quantitative estimate of drug-likeness (QED) is 0.258. The van der Waals surface area contributed by atoms with Gasteiger partial charge in [0.05, 0.1) is 29.9 Å². The first kappa shape index (κ1) is 31.4. The third kappa shape index (κ3) is 8.19. The molecule has 3 amide bonds. The Morgan fingerprint density at radius 3 is 2.67 bits per heavy atom. The Bertz CT molecular complexity index is 951. The molecule has 1 aromatic carbocycles. The molecule has 220 valence electrons. The summed E-state index contributed by atoms with van der Waals surface area (Å²) in [5, 5.41) is 31.7. The SMILES string of the molecule is CNCC(NC(=O)N1CCCC(C(O)(CCCNC(=O)OC)c2cccc(Cl)c2F)C1)C(O)C1CCCCC1. The van der Waals surface area contributed by atoms with Crippen molar-refractivity contribution in [1.29, 1.82) is 0 Å². The summed E-state index contributed by atoms with van der Waals surface area (Å²) >= 11 is 6.08. The number of methoxy groups -OCH3 is 1. The Morgan fingerprint density at radius 2 is 1.97 bits per heavy atom. The van der Waals surface area contributed by atoms with Crippen LogP contribution in [0.1, 0.15) is 63.4 Å². The van der Waals surface area contributed by atoms with Crippen molar-refractivity contribution in [2.45, 2.75) is 75.5 Å². The second-order valence-electron chi connectivity index (χ2n) is 10.8. The van der Waals surface area contributed by atoms with Gasteiger partial charge in [0, 0.05) is 37.7 Å². The number of hydrogen-bond acceptors (Lipinski definition) is 6. The second kappa shape index (κ2) is 15.0. The molecule has 1 saturated heterocycles. The van der Waals surface area contributed by atoms with Gasteiger partial charge in [-0.1, -0.05) is 43.0 Å². The van der Waals surface area contributed by atoms with Gasteiger partial charge < -0.3 is 35.8 Å². The maximum absolute atomic E-state index is 15.2. The predicted octanol–water partition coefficient (Wildman–Crippen LogP) is 3.75. The van der Waals surface area contributed by atoms with Crippen LogP contribution in [0.5, 0.6) is 0 Å². The molecule has 1 saturated carbocycles. The summed E-state index contributed by atoms with van der Waals surface area (Å²) in [6.07, 6.45) is 5.74. The molecule has 1 aliphatic heterocycles. The topological polar surface area (TPSA) is 123 Å². The maximum Gasteiger partial charge on any atom is 0.406 e. The van der Waals surface area contributed by atoms with Gasteiger partial charge in [0.1, 0.15) is 5.82 Å². The number of ether oxygens (including phenoxy) is 1. The van der Waals surface area contributed by atoms with E-state index >= 15 is 4.39 Å². The number of nitrogens with zero attached hydrogens (tertiary/aromatic N) is 1. The number of likely N-dealkylation sites (N-methyl/N-ethyl adjacent to an activating group) is 1. The molecule has 1 heterocycles. The van der Waals surface area contributed by atoms with E-state index in [1.807, 2.05) is 0 Å². The van der Waals surface area contributed by atoms with Gasteiger partial charge >= 0.3 is 12.1 Å². The van der Waals surface area contributed by atoms with Crippen LogP contribution in [0.15, 0.2) is 18.2 Å². The maximum atomic E-state index is 15.2. The van der Waals surface area contributed by atoms with Crippen molar-refractivity contribution >= 4 is 23.7 Å². The molecule has 0 radical (unpaired) electrons. The molecule has 0 bridgehead atoms. The number of halogens is 2. The number of amides is 3. The zero-order chi connectivity index (χ0) is 28.4. The van der Waals surface area contributed by atoms with Crippen molar-refractivity contribution in [1.82, 2.24) is 20.9 Å². The van der Waals surface area contributed by atoms with Crippen molar-refractivity contribution in [2.24, 2.45) is 11.8 Å². The lowest BCUT2D eigenvalue weighted by molar-refractivity contribution is -0.0579. The minimum absolute atomic E-state index is 0.0844. The number of piperidine rings is 1. The summed E-state index contributed by atoms with van der Waals surface area (Å²) < 4.78 is 19.8. The normalized spacial score (nSPS) is 21.5. The number of benzene rings is 1. The molecule has 3 rings (SSSR count). The monoisotopic (exact) mass is 570 g/mol. The van der Waals surface area contributed by atoms with E-state index in [9.17, 15) is 19.8 Å². The highest BCUT2D eigenvalue weighted by Gasteiger charge is 2.43. The van der Waals surface area contributed by atoms with Gasteiger partial charge in [-0.3, -0.25) is 0 Å². The fourth-order valence-corrected chi connectivity index (χ4v) is 6.27. The third-order valence-corrected chi connectivity index (χ3v) is 8.56. The molecule has 5 N–H and O–H groups in total. The van der Waals surface area contributed by atoms with Crippen LogP contribution in [0, 0.1) is 17.7 Å². The van der Waals surface area contributed by atoms with Gasteiger partial charge in [-0.05, 0) is 57.6 Å². The number of urea groups is 1. The van der Waals surface area contributed by atoms with E-state index in [1.54, 1.807) is 18.0 Å². The van der Waals surface area contributed by atoms with E-state index in [4.69, 9.17) is 11.6 Å². The lowest BCUT2D eigenvalue weighted by atomic mass is 9.74. The number of aliphatic hydroxyl groups excluding tert-OH is 1. The first-order valence-corrected chi connectivity index (χ1v) is 14.5. The Balaban J connectivity index is 1.75. The molecular weight excluding hydrogens is 527 g/mol. The molecule has 2 fully saturated rings. The van der Waals surface area contributed by atoms with E-state index in [0.29, 0.717) is 32.4 Å². The summed E-state index contributed by atoms with van der Waals surface area (Å²) in [7, 11) is 3.06. The highest BCUT2D eigenvalue weighted by Crippen LogP contribution is 2.41. The van der Waals surface area contributed by atoms with Crippen molar-refractivity contribution in [3.05, 3.63) is 34.6 Å². The number of carbonyl (C=O) groups excluding carboxylic acids is 2. The fourth-order valence-electron chi connectivity index (χ4n) is 6.10. The predicted molar refractivity (Wildman–Crippen MR) is 148 cm³/mol. The van der Waals surface area contributed by atoms with Crippen LogP contribution in [0.3, 0.4) is 0 Å². The second-order valence-corrected chi connectivity index (χ2v) is 11.2. The van der Waals surface area contributed by atoms with Gasteiger partial charge in [0.25, 0.3) is 0 Å². The van der Waals surface area contributed by atoms with Crippen molar-refractivity contribution in [3.63, 3.8) is 0 Å². The van der Waals surface area contributed by atoms with Crippen molar-refractivity contribution in [2.75, 3.05) is 40.3 Å². The minimum atomic E-state index is -1.61. The van der Waals surface area contributed by atoms with Crippen LogP contribution >= 0.6 is 11.6 Å². The Labute approximate surface area is 235 Å². The molecule has 4 atom stereocenters. The summed E-state index contributed by atoms with van der Waals surface area (Å²) in [5.74, 6) is -0.996. The molecule has 11 heteroatoms. The number of alkyl carbamates (subject to hydrolysis) is 1. The molecule has 9 nitrogen and oxygen atoms in total. The van der Waals surface area contributed by atoms with E-state index in [2.05, 4.69) is 20.7 Å². The van der Waals surface area contributed by atoms with E-state index in [-0.39, 0.29) is 42.0 Å².